The largest absolute Gasteiger partial charge is 0.316 e. The summed E-state index contributed by atoms with van der Waals surface area (Å²) in [7, 11) is 0. The van der Waals surface area contributed by atoms with Crippen molar-refractivity contribution in [2.75, 3.05) is 39.3 Å². The first-order chi connectivity index (χ1) is 8.72. The van der Waals surface area contributed by atoms with Crippen molar-refractivity contribution in [2.45, 2.75) is 52.1 Å². The van der Waals surface area contributed by atoms with Crippen molar-refractivity contribution >= 4 is 0 Å². The Hall–Kier alpha value is -0.120. The molecule has 0 bridgehead atoms. The van der Waals surface area contributed by atoms with E-state index in [4.69, 9.17) is 0 Å². The zero-order chi connectivity index (χ0) is 13.0. The maximum atomic E-state index is 3.55. The Morgan fingerprint density at radius 1 is 1.11 bits per heavy atom. The van der Waals surface area contributed by atoms with Crippen LogP contribution >= 0.6 is 0 Å². The van der Waals surface area contributed by atoms with Crippen LogP contribution in [-0.2, 0) is 0 Å². The molecule has 0 aromatic rings. The zero-order valence-corrected chi connectivity index (χ0v) is 12.5. The number of nitrogens with one attached hydrogen (secondary N) is 1. The minimum atomic E-state index is 0.718. The van der Waals surface area contributed by atoms with Crippen LogP contribution in [0.25, 0.3) is 0 Å². The lowest BCUT2D eigenvalue weighted by molar-refractivity contribution is 0.0766. The van der Waals surface area contributed by atoms with Crippen molar-refractivity contribution < 1.29 is 0 Å². The molecule has 0 spiro atoms. The molecule has 0 aromatic heterocycles. The molecule has 0 amide bonds. The van der Waals surface area contributed by atoms with Gasteiger partial charge in [0.2, 0.25) is 0 Å². The highest BCUT2D eigenvalue weighted by Gasteiger charge is 2.32. The molecule has 2 rings (SSSR count). The number of hydrogen-bond donors (Lipinski definition) is 1. The second-order valence-electron chi connectivity index (χ2n) is 6.23. The van der Waals surface area contributed by atoms with E-state index in [9.17, 15) is 0 Å². The molecule has 1 aliphatic heterocycles. The molecular weight excluding hydrogens is 222 g/mol. The Bertz CT molecular complexity index is 232. The highest BCUT2D eigenvalue weighted by Crippen LogP contribution is 2.28. The monoisotopic (exact) mass is 253 g/mol. The van der Waals surface area contributed by atoms with Gasteiger partial charge in [-0.15, -0.1) is 0 Å². The van der Waals surface area contributed by atoms with E-state index in [2.05, 4.69) is 35.9 Å². The molecule has 1 N–H and O–H groups in total. The molecule has 2 fully saturated rings. The maximum absolute atomic E-state index is 3.55. The van der Waals surface area contributed by atoms with E-state index in [1.165, 1.54) is 45.4 Å². The third-order valence-corrected chi connectivity index (χ3v) is 4.70. The Labute approximate surface area is 113 Å². The molecule has 2 atom stereocenters. The van der Waals surface area contributed by atoms with Gasteiger partial charge in [0.25, 0.3) is 0 Å². The summed E-state index contributed by atoms with van der Waals surface area (Å²) in [6.07, 6.45) is 4.14. The van der Waals surface area contributed by atoms with Crippen molar-refractivity contribution in [1.29, 1.82) is 0 Å². The molecule has 3 nitrogen and oxygen atoms in total. The Morgan fingerprint density at radius 3 is 2.33 bits per heavy atom. The first-order valence-corrected chi connectivity index (χ1v) is 7.91. The molecule has 18 heavy (non-hydrogen) atoms. The Morgan fingerprint density at radius 2 is 1.78 bits per heavy atom. The Balaban J connectivity index is 1.67. The molecule has 1 saturated carbocycles. The van der Waals surface area contributed by atoms with Gasteiger partial charge in [-0.25, -0.2) is 0 Å². The molecule has 2 aliphatic rings. The van der Waals surface area contributed by atoms with Crippen LogP contribution in [-0.4, -0.2) is 61.2 Å². The fourth-order valence-corrected chi connectivity index (χ4v) is 2.99. The van der Waals surface area contributed by atoms with E-state index < -0.39 is 0 Å². The summed E-state index contributed by atoms with van der Waals surface area (Å²) >= 11 is 0. The van der Waals surface area contributed by atoms with Crippen LogP contribution in [0.15, 0.2) is 0 Å². The van der Waals surface area contributed by atoms with Crippen molar-refractivity contribution in [1.82, 2.24) is 15.1 Å². The highest BCUT2D eigenvalue weighted by atomic mass is 15.3. The molecule has 3 heteroatoms. The Kier molecular flexibility index (Phi) is 5.46. The predicted octanol–water partition coefficient (Wildman–Crippen LogP) is 1.79. The minimum Gasteiger partial charge on any atom is -0.316 e. The summed E-state index contributed by atoms with van der Waals surface area (Å²) in [5, 5.41) is 3.55. The molecule has 1 heterocycles. The van der Waals surface area contributed by atoms with Gasteiger partial charge in [-0.3, -0.25) is 9.80 Å². The second-order valence-corrected chi connectivity index (χ2v) is 6.23. The fraction of sp³-hybridized carbons (Fsp3) is 1.00. The molecule has 1 aliphatic carbocycles. The molecule has 0 radical (unpaired) electrons. The summed E-state index contributed by atoms with van der Waals surface area (Å²) in [4.78, 5) is 5.39. The maximum Gasteiger partial charge on any atom is 0.0113 e. The van der Waals surface area contributed by atoms with Gasteiger partial charge >= 0.3 is 0 Å². The zero-order valence-electron chi connectivity index (χ0n) is 12.5. The van der Waals surface area contributed by atoms with E-state index in [1.54, 1.807) is 0 Å². The topological polar surface area (TPSA) is 18.5 Å². The van der Waals surface area contributed by atoms with Gasteiger partial charge in [-0.2, -0.15) is 0 Å². The van der Waals surface area contributed by atoms with E-state index in [0.29, 0.717) is 0 Å². The second kappa shape index (κ2) is 6.88. The van der Waals surface area contributed by atoms with E-state index in [1.807, 2.05) is 0 Å². The van der Waals surface area contributed by atoms with Gasteiger partial charge in [0.05, 0.1) is 0 Å². The fourth-order valence-electron chi connectivity index (χ4n) is 2.99. The standard InChI is InChI=1S/C15H31N3/c1-4-7-16-12-13(2)14(3)17-8-10-18(11-9-17)15-5-6-15/h13-16H,4-12H2,1-3H3. The number of piperazine rings is 1. The van der Waals surface area contributed by atoms with Gasteiger partial charge in [-0.1, -0.05) is 13.8 Å². The average molecular weight is 253 g/mol. The van der Waals surface area contributed by atoms with E-state index in [-0.39, 0.29) is 0 Å². The smallest absolute Gasteiger partial charge is 0.0113 e. The van der Waals surface area contributed by atoms with Gasteiger partial charge < -0.3 is 5.32 Å². The highest BCUT2D eigenvalue weighted by molar-refractivity contribution is 4.89. The summed E-state index contributed by atoms with van der Waals surface area (Å²) < 4.78 is 0. The van der Waals surface area contributed by atoms with Gasteiger partial charge in [0.1, 0.15) is 0 Å². The summed E-state index contributed by atoms with van der Waals surface area (Å²) in [5.74, 6) is 0.754. The van der Waals surface area contributed by atoms with Gasteiger partial charge in [0, 0.05) is 38.3 Å². The van der Waals surface area contributed by atoms with E-state index >= 15 is 0 Å². The molecule has 2 unspecified atom stereocenters. The van der Waals surface area contributed by atoms with Crippen LogP contribution in [0.2, 0.25) is 0 Å². The number of hydrogen-bond acceptors (Lipinski definition) is 3. The van der Waals surface area contributed by atoms with Gasteiger partial charge in [0.15, 0.2) is 0 Å². The van der Waals surface area contributed by atoms with Crippen LogP contribution in [0.1, 0.15) is 40.0 Å². The average Bonchev–Trinajstić information content (AvgIpc) is 3.22. The van der Waals surface area contributed by atoms with Crippen LogP contribution < -0.4 is 5.32 Å². The third-order valence-electron chi connectivity index (χ3n) is 4.70. The van der Waals surface area contributed by atoms with E-state index in [0.717, 1.165) is 31.1 Å². The molecule has 0 aromatic carbocycles. The summed E-state index contributed by atoms with van der Waals surface area (Å²) in [6, 6.07) is 1.67. The van der Waals surface area contributed by atoms with Crippen molar-refractivity contribution in [3.63, 3.8) is 0 Å². The molecular formula is C15H31N3. The minimum absolute atomic E-state index is 0.718. The number of rotatable bonds is 7. The molecule has 1 saturated heterocycles. The van der Waals surface area contributed by atoms with Crippen LogP contribution in [0.4, 0.5) is 0 Å². The SMILES string of the molecule is CCCNCC(C)C(C)N1CCN(C2CC2)CC1. The third kappa shape index (κ3) is 3.94. The first-order valence-electron chi connectivity index (χ1n) is 7.91. The summed E-state index contributed by atoms with van der Waals surface area (Å²) in [6.45, 7) is 14.5. The predicted molar refractivity (Wildman–Crippen MR) is 78.0 cm³/mol. The quantitative estimate of drug-likeness (QED) is 0.698. The molecule has 106 valence electrons. The first kappa shape index (κ1) is 14.3. The lowest BCUT2D eigenvalue weighted by Gasteiger charge is -2.40. The van der Waals surface area contributed by atoms with Crippen molar-refractivity contribution in [2.24, 2.45) is 5.92 Å². The van der Waals surface area contributed by atoms with Gasteiger partial charge in [-0.05, 0) is 45.2 Å². The lowest BCUT2D eigenvalue weighted by atomic mass is 10.0. The normalized spacial score (nSPS) is 26.2. The summed E-state index contributed by atoms with van der Waals surface area (Å²) in [5.41, 5.74) is 0. The van der Waals surface area contributed by atoms with Crippen LogP contribution in [0, 0.1) is 5.92 Å². The number of nitrogens with zero attached hydrogens (tertiary/aromatic N) is 2. The van der Waals surface area contributed by atoms with Crippen molar-refractivity contribution in [3.8, 4) is 0 Å². The lowest BCUT2D eigenvalue weighted by Crippen LogP contribution is -2.52. The van der Waals surface area contributed by atoms with Crippen LogP contribution in [0.3, 0.4) is 0 Å². The van der Waals surface area contributed by atoms with Crippen molar-refractivity contribution in [3.05, 3.63) is 0 Å². The van der Waals surface area contributed by atoms with Crippen LogP contribution in [0.5, 0.6) is 0 Å².